The quantitative estimate of drug-likeness (QED) is 0.504. The molecule has 0 radical (unpaired) electrons. The van der Waals surface area contributed by atoms with Crippen LogP contribution in [0.1, 0.15) is 32.6 Å². The molecule has 2 aromatic rings. The number of halogens is 2. The topological polar surface area (TPSA) is 47.6 Å². The second kappa shape index (κ2) is 10.9. The van der Waals surface area contributed by atoms with Crippen molar-refractivity contribution in [3.63, 3.8) is 0 Å². The van der Waals surface area contributed by atoms with E-state index in [-0.39, 0.29) is 12.5 Å². The van der Waals surface area contributed by atoms with Gasteiger partial charge in [0.05, 0.1) is 11.6 Å². The van der Waals surface area contributed by atoms with Gasteiger partial charge in [-0.15, -0.1) is 0 Å². The summed E-state index contributed by atoms with van der Waals surface area (Å²) in [5.41, 5.74) is 0.680. The highest BCUT2D eigenvalue weighted by molar-refractivity contribution is 6.35. The van der Waals surface area contributed by atoms with Gasteiger partial charge in [-0.25, -0.2) is 0 Å². The van der Waals surface area contributed by atoms with Crippen LogP contribution in [0.25, 0.3) is 0 Å². The Labute approximate surface area is 164 Å². The molecule has 0 atom stereocenters. The molecule has 140 valence electrons. The summed E-state index contributed by atoms with van der Waals surface area (Å²) in [5, 5.41) is 3.65. The van der Waals surface area contributed by atoms with E-state index in [9.17, 15) is 4.79 Å². The third-order valence-electron chi connectivity index (χ3n) is 3.66. The molecule has 6 heteroatoms. The Hall–Kier alpha value is -1.91. The molecule has 0 bridgehead atoms. The largest absolute Gasteiger partial charge is 0.494 e. The van der Waals surface area contributed by atoms with Crippen molar-refractivity contribution in [2.45, 2.75) is 32.6 Å². The third-order valence-corrected chi connectivity index (χ3v) is 4.19. The summed E-state index contributed by atoms with van der Waals surface area (Å²) in [4.78, 5) is 12.0. The average Bonchev–Trinajstić information content (AvgIpc) is 2.62. The predicted octanol–water partition coefficient (Wildman–Crippen LogP) is 5.97. The number of unbranched alkanes of at least 4 members (excludes halogenated alkanes) is 3. The smallest absolute Gasteiger partial charge is 0.262 e. The lowest BCUT2D eigenvalue weighted by atomic mass is 10.2. The van der Waals surface area contributed by atoms with E-state index in [1.165, 1.54) is 19.3 Å². The fraction of sp³-hybridized carbons (Fsp3) is 0.350. The van der Waals surface area contributed by atoms with E-state index in [2.05, 4.69) is 12.2 Å². The van der Waals surface area contributed by atoms with E-state index in [1.54, 1.807) is 30.3 Å². The van der Waals surface area contributed by atoms with E-state index >= 15 is 0 Å². The van der Waals surface area contributed by atoms with E-state index in [0.29, 0.717) is 28.1 Å². The van der Waals surface area contributed by atoms with Crippen LogP contribution in [-0.4, -0.2) is 19.1 Å². The van der Waals surface area contributed by atoms with Crippen molar-refractivity contribution in [2.24, 2.45) is 0 Å². The fourth-order valence-corrected chi connectivity index (χ4v) is 2.75. The molecule has 1 N–H and O–H groups in total. The molecule has 4 nitrogen and oxygen atoms in total. The molecule has 2 aromatic carbocycles. The second-order valence-corrected chi connectivity index (χ2v) is 6.69. The van der Waals surface area contributed by atoms with Gasteiger partial charge in [-0.3, -0.25) is 4.79 Å². The Morgan fingerprint density at radius 1 is 1.00 bits per heavy atom. The van der Waals surface area contributed by atoms with Crippen LogP contribution < -0.4 is 14.8 Å². The van der Waals surface area contributed by atoms with Crippen LogP contribution in [0.15, 0.2) is 42.5 Å². The summed E-state index contributed by atoms with van der Waals surface area (Å²) in [6.45, 7) is 2.75. The zero-order valence-corrected chi connectivity index (χ0v) is 16.3. The van der Waals surface area contributed by atoms with Crippen LogP contribution in [0.3, 0.4) is 0 Å². The molecule has 0 saturated heterocycles. The average molecular weight is 396 g/mol. The van der Waals surface area contributed by atoms with Gasteiger partial charge in [0, 0.05) is 10.7 Å². The standard InChI is InChI=1S/C20H23Cl2NO3/c1-2-3-4-5-12-25-17-9-7-16(8-10-17)23-20(24)14-26-19-11-6-15(21)13-18(19)22/h6-11,13H,2-5,12,14H2,1H3,(H,23,24). The maximum absolute atomic E-state index is 12.0. The molecule has 0 aromatic heterocycles. The van der Waals surface area contributed by atoms with Crippen molar-refractivity contribution in [3.8, 4) is 11.5 Å². The van der Waals surface area contributed by atoms with E-state index in [4.69, 9.17) is 32.7 Å². The third kappa shape index (κ3) is 7.14. The van der Waals surface area contributed by atoms with Gasteiger partial charge in [-0.2, -0.15) is 0 Å². The summed E-state index contributed by atoms with van der Waals surface area (Å²) in [6, 6.07) is 12.1. The Bertz CT molecular complexity index is 705. The summed E-state index contributed by atoms with van der Waals surface area (Å²) in [5.74, 6) is 0.936. The molecule has 0 aliphatic heterocycles. The zero-order valence-electron chi connectivity index (χ0n) is 14.8. The number of anilines is 1. The first kappa shape index (κ1) is 20.4. The first-order valence-corrected chi connectivity index (χ1v) is 9.44. The highest BCUT2D eigenvalue weighted by Gasteiger charge is 2.07. The van der Waals surface area contributed by atoms with Gasteiger partial charge in [0.15, 0.2) is 6.61 Å². The van der Waals surface area contributed by atoms with Crippen LogP contribution in [0.4, 0.5) is 5.69 Å². The molecule has 0 saturated carbocycles. The Kier molecular flexibility index (Phi) is 8.59. The lowest BCUT2D eigenvalue weighted by Gasteiger charge is -2.10. The first-order valence-electron chi connectivity index (χ1n) is 8.69. The number of nitrogens with one attached hydrogen (secondary N) is 1. The summed E-state index contributed by atoms with van der Waals surface area (Å²) < 4.78 is 11.1. The Balaban J connectivity index is 1.74. The lowest BCUT2D eigenvalue weighted by Crippen LogP contribution is -2.20. The SMILES string of the molecule is CCCCCCOc1ccc(NC(=O)COc2ccc(Cl)cc2Cl)cc1. The number of ether oxygens (including phenoxy) is 2. The van der Waals surface area contributed by atoms with Gasteiger partial charge in [-0.05, 0) is 48.9 Å². The Morgan fingerprint density at radius 2 is 1.77 bits per heavy atom. The van der Waals surface area contributed by atoms with Gasteiger partial charge in [0.2, 0.25) is 0 Å². The van der Waals surface area contributed by atoms with E-state index in [0.717, 1.165) is 12.2 Å². The number of amides is 1. The van der Waals surface area contributed by atoms with Gasteiger partial charge in [-0.1, -0.05) is 49.4 Å². The number of rotatable bonds is 10. The highest BCUT2D eigenvalue weighted by Crippen LogP contribution is 2.27. The van der Waals surface area contributed by atoms with Crippen molar-refractivity contribution >= 4 is 34.8 Å². The van der Waals surface area contributed by atoms with Crippen LogP contribution in [0.5, 0.6) is 11.5 Å². The molecule has 0 heterocycles. The molecule has 2 rings (SSSR count). The number of hydrogen-bond acceptors (Lipinski definition) is 3. The molecular formula is C20H23Cl2NO3. The maximum atomic E-state index is 12.0. The van der Waals surface area contributed by atoms with Crippen LogP contribution >= 0.6 is 23.2 Å². The number of carbonyl (C=O) groups is 1. The second-order valence-electron chi connectivity index (χ2n) is 5.85. The van der Waals surface area contributed by atoms with Crippen LogP contribution in [0, 0.1) is 0 Å². The molecule has 0 aliphatic rings. The summed E-state index contributed by atoms with van der Waals surface area (Å²) in [7, 11) is 0. The van der Waals surface area contributed by atoms with Gasteiger partial charge in [0.1, 0.15) is 11.5 Å². The minimum absolute atomic E-state index is 0.142. The molecule has 1 amide bonds. The fourth-order valence-electron chi connectivity index (χ4n) is 2.29. The van der Waals surface area contributed by atoms with Crippen LogP contribution in [-0.2, 0) is 4.79 Å². The summed E-state index contributed by atoms with van der Waals surface area (Å²) >= 11 is 11.8. The lowest BCUT2D eigenvalue weighted by molar-refractivity contribution is -0.118. The van der Waals surface area contributed by atoms with Crippen LogP contribution in [0.2, 0.25) is 10.0 Å². The summed E-state index contributed by atoms with van der Waals surface area (Å²) in [6.07, 6.45) is 4.68. The van der Waals surface area contributed by atoms with Gasteiger partial charge < -0.3 is 14.8 Å². The first-order chi connectivity index (χ1) is 12.6. The molecule has 0 aliphatic carbocycles. The molecule has 26 heavy (non-hydrogen) atoms. The normalized spacial score (nSPS) is 10.4. The van der Waals surface area contributed by atoms with Gasteiger partial charge >= 0.3 is 0 Å². The number of benzene rings is 2. The maximum Gasteiger partial charge on any atom is 0.262 e. The zero-order chi connectivity index (χ0) is 18.8. The predicted molar refractivity (Wildman–Crippen MR) is 107 cm³/mol. The highest BCUT2D eigenvalue weighted by atomic mass is 35.5. The molecule has 0 unspecified atom stereocenters. The molecular weight excluding hydrogens is 373 g/mol. The Morgan fingerprint density at radius 3 is 2.46 bits per heavy atom. The van der Waals surface area contributed by atoms with Gasteiger partial charge in [0.25, 0.3) is 5.91 Å². The van der Waals surface area contributed by atoms with Crippen molar-refractivity contribution in [1.82, 2.24) is 0 Å². The minimum Gasteiger partial charge on any atom is -0.494 e. The van der Waals surface area contributed by atoms with Crippen molar-refractivity contribution < 1.29 is 14.3 Å². The number of carbonyl (C=O) groups excluding carboxylic acids is 1. The monoisotopic (exact) mass is 395 g/mol. The van der Waals surface area contributed by atoms with E-state index in [1.807, 2.05) is 12.1 Å². The molecule has 0 spiro atoms. The van der Waals surface area contributed by atoms with E-state index < -0.39 is 0 Å². The van der Waals surface area contributed by atoms with Crippen molar-refractivity contribution in [3.05, 3.63) is 52.5 Å². The minimum atomic E-state index is -0.274. The molecule has 0 fully saturated rings. The van der Waals surface area contributed by atoms with Crippen molar-refractivity contribution in [1.29, 1.82) is 0 Å². The number of hydrogen-bond donors (Lipinski definition) is 1. The van der Waals surface area contributed by atoms with Crippen molar-refractivity contribution in [2.75, 3.05) is 18.5 Å².